The number of carbonyl (C=O) groups excluding carboxylic acids is 1. The van der Waals surface area contributed by atoms with Gasteiger partial charge in [-0.1, -0.05) is 0 Å². The maximum Gasteiger partial charge on any atom is 0.334 e. The first kappa shape index (κ1) is 15.7. The molecule has 100 valence electrons. The van der Waals surface area contributed by atoms with E-state index in [-0.39, 0.29) is 5.75 Å². The standard InChI is InChI=1S/C8H16N2O6S/c1-5(4-17(2,15)16)10-8(14)9-3-6(11)7(12)13/h5-6,11H,3-4H2,1-2H3,(H,12,13)(H2,9,10,14)/t5?,6-/m0/s1. The van der Waals surface area contributed by atoms with Crippen LogP contribution in [-0.4, -0.2) is 61.3 Å². The van der Waals surface area contributed by atoms with Gasteiger partial charge in [0.15, 0.2) is 6.10 Å². The molecule has 0 aromatic heterocycles. The lowest BCUT2D eigenvalue weighted by Gasteiger charge is -2.14. The predicted molar refractivity (Wildman–Crippen MR) is 59.3 cm³/mol. The van der Waals surface area contributed by atoms with E-state index in [1.54, 1.807) is 0 Å². The van der Waals surface area contributed by atoms with E-state index in [9.17, 15) is 18.0 Å². The Labute approximate surface area is 98.9 Å². The summed E-state index contributed by atoms with van der Waals surface area (Å²) in [7, 11) is -3.20. The molecule has 9 heteroatoms. The molecule has 0 aromatic rings. The molecule has 0 aliphatic heterocycles. The first-order valence-electron chi connectivity index (χ1n) is 4.75. The van der Waals surface area contributed by atoms with Crippen molar-refractivity contribution in [3.05, 3.63) is 0 Å². The third-order valence-electron chi connectivity index (χ3n) is 1.67. The average Bonchev–Trinajstić information content (AvgIpc) is 2.10. The number of urea groups is 1. The van der Waals surface area contributed by atoms with E-state index in [1.807, 2.05) is 0 Å². The molecule has 0 aliphatic rings. The third kappa shape index (κ3) is 8.46. The lowest BCUT2D eigenvalue weighted by molar-refractivity contribution is -0.146. The molecule has 2 atom stereocenters. The number of carboxylic acid groups (broad SMARTS) is 1. The normalized spacial score (nSPS) is 14.8. The fourth-order valence-corrected chi connectivity index (χ4v) is 2.04. The fourth-order valence-electron chi connectivity index (χ4n) is 1.05. The number of sulfone groups is 1. The van der Waals surface area contributed by atoms with Crippen molar-refractivity contribution in [2.45, 2.75) is 19.1 Å². The molecule has 0 bridgehead atoms. The van der Waals surface area contributed by atoms with Crippen LogP contribution in [0.25, 0.3) is 0 Å². The second-order valence-electron chi connectivity index (χ2n) is 3.70. The number of carbonyl (C=O) groups is 2. The van der Waals surface area contributed by atoms with Crippen molar-refractivity contribution in [1.82, 2.24) is 10.6 Å². The van der Waals surface area contributed by atoms with Crippen molar-refractivity contribution in [1.29, 1.82) is 0 Å². The van der Waals surface area contributed by atoms with Crippen LogP contribution in [0.4, 0.5) is 4.79 Å². The van der Waals surface area contributed by atoms with E-state index in [0.717, 1.165) is 6.26 Å². The number of aliphatic hydroxyl groups excluding tert-OH is 1. The molecule has 0 saturated heterocycles. The highest BCUT2D eigenvalue weighted by molar-refractivity contribution is 7.90. The van der Waals surface area contributed by atoms with Gasteiger partial charge in [-0.3, -0.25) is 0 Å². The Kier molecular flexibility index (Phi) is 5.89. The number of rotatable bonds is 6. The zero-order valence-corrected chi connectivity index (χ0v) is 10.3. The number of hydrogen-bond donors (Lipinski definition) is 4. The highest BCUT2D eigenvalue weighted by Gasteiger charge is 2.16. The van der Waals surface area contributed by atoms with E-state index < -0.39 is 40.5 Å². The van der Waals surface area contributed by atoms with Gasteiger partial charge in [-0.2, -0.15) is 0 Å². The summed E-state index contributed by atoms with van der Waals surface area (Å²) in [6, 6.07) is -1.34. The molecule has 0 spiro atoms. The van der Waals surface area contributed by atoms with E-state index in [4.69, 9.17) is 10.2 Å². The quantitative estimate of drug-likeness (QED) is 0.447. The number of aliphatic hydroxyl groups is 1. The summed E-state index contributed by atoms with van der Waals surface area (Å²) in [6.45, 7) is 1.04. The second-order valence-corrected chi connectivity index (χ2v) is 5.89. The summed E-state index contributed by atoms with van der Waals surface area (Å²) in [5, 5.41) is 21.6. The van der Waals surface area contributed by atoms with E-state index in [1.165, 1.54) is 6.92 Å². The van der Waals surface area contributed by atoms with Crippen molar-refractivity contribution < 1.29 is 28.2 Å². The zero-order chi connectivity index (χ0) is 13.6. The van der Waals surface area contributed by atoms with Crippen LogP contribution in [0.2, 0.25) is 0 Å². The molecule has 0 heterocycles. The van der Waals surface area contributed by atoms with Gasteiger partial charge in [0.05, 0.1) is 12.3 Å². The molecule has 8 nitrogen and oxygen atoms in total. The highest BCUT2D eigenvalue weighted by atomic mass is 32.2. The molecule has 0 rings (SSSR count). The number of hydrogen-bond acceptors (Lipinski definition) is 5. The summed E-state index contributed by atoms with van der Waals surface area (Å²) in [5.41, 5.74) is 0. The second kappa shape index (κ2) is 6.40. The molecular formula is C8H16N2O6S. The lowest BCUT2D eigenvalue weighted by atomic mass is 10.3. The molecule has 1 unspecified atom stereocenters. The molecule has 0 radical (unpaired) electrons. The average molecular weight is 268 g/mol. The molecule has 0 fully saturated rings. The van der Waals surface area contributed by atoms with Crippen LogP contribution in [0.1, 0.15) is 6.92 Å². The summed E-state index contributed by atoms with van der Waals surface area (Å²) >= 11 is 0. The lowest BCUT2D eigenvalue weighted by Crippen LogP contribution is -2.46. The van der Waals surface area contributed by atoms with E-state index in [2.05, 4.69) is 10.6 Å². The van der Waals surface area contributed by atoms with Gasteiger partial charge in [0, 0.05) is 12.3 Å². The van der Waals surface area contributed by atoms with Crippen molar-refractivity contribution in [2.75, 3.05) is 18.6 Å². The van der Waals surface area contributed by atoms with Crippen LogP contribution in [0.5, 0.6) is 0 Å². The Morgan fingerprint density at radius 3 is 2.29 bits per heavy atom. The molecule has 0 aromatic carbocycles. The van der Waals surface area contributed by atoms with Crippen molar-refractivity contribution in [2.24, 2.45) is 0 Å². The molecular weight excluding hydrogens is 252 g/mol. The first-order valence-corrected chi connectivity index (χ1v) is 6.81. The van der Waals surface area contributed by atoms with Crippen molar-refractivity contribution in [3.8, 4) is 0 Å². The minimum absolute atomic E-state index is 0.220. The van der Waals surface area contributed by atoms with Crippen LogP contribution < -0.4 is 10.6 Å². The van der Waals surface area contributed by atoms with Gasteiger partial charge in [0.2, 0.25) is 0 Å². The van der Waals surface area contributed by atoms with Crippen LogP contribution in [0, 0.1) is 0 Å². The summed E-state index contributed by atoms with van der Waals surface area (Å²) < 4.78 is 21.8. The highest BCUT2D eigenvalue weighted by Crippen LogP contribution is 1.90. The minimum Gasteiger partial charge on any atom is -0.479 e. The Morgan fingerprint density at radius 1 is 1.35 bits per heavy atom. The maximum atomic E-state index is 11.1. The van der Waals surface area contributed by atoms with Crippen LogP contribution in [-0.2, 0) is 14.6 Å². The smallest absolute Gasteiger partial charge is 0.334 e. The topological polar surface area (TPSA) is 133 Å². The van der Waals surface area contributed by atoms with E-state index >= 15 is 0 Å². The Balaban J connectivity index is 3.99. The number of nitrogens with one attached hydrogen (secondary N) is 2. The van der Waals surface area contributed by atoms with Crippen LogP contribution in [0.15, 0.2) is 0 Å². The Morgan fingerprint density at radius 2 is 1.88 bits per heavy atom. The summed E-state index contributed by atoms with van der Waals surface area (Å²) in [6.07, 6.45) is -0.650. The number of aliphatic carboxylic acids is 1. The molecule has 2 amide bonds. The van der Waals surface area contributed by atoms with Crippen molar-refractivity contribution in [3.63, 3.8) is 0 Å². The molecule has 17 heavy (non-hydrogen) atoms. The maximum absolute atomic E-state index is 11.1. The third-order valence-corrected chi connectivity index (χ3v) is 2.78. The zero-order valence-electron chi connectivity index (χ0n) is 9.50. The predicted octanol–water partition coefficient (Wildman–Crippen LogP) is -1.84. The van der Waals surface area contributed by atoms with Crippen LogP contribution >= 0.6 is 0 Å². The first-order chi connectivity index (χ1) is 7.61. The fraction of sp³-hybridized carbons (Fsp3) is 0.750. The van der Waals surface area contributed by atoms with Crippen molar-refractivity contribution >= 4 is 21.8 Å². The Bertz CT molecular complexity index is 379. The van der Waals surface area contributed by atoms with Gasteiger partial charge >= 0.3 is 12.0 Å². The SMILES string of the molecule is CC(CS(C)(=O)=O)NC(=O)NC[C@H](O)C(=O)O. The van der Waals surface area contributed by atoms with Gasteiger partial charge in [0.1, 0.15) is 9.84 Å². The van der Waals surface area contributed by atoms with Gasteiger partial charge in [-0.25, -0.2) is 18.0 Å². The van der Waals surface area contributed by atoms with Gasteiger partial charge in [-0.05, 0) is 6.92 Å². The van der Waals surface area contributed by atoms with Gasteiger partial charge in [0.25, 0.3) is 0 Å². The largest absolute Gasteiger partial charge is 0.479 e. The molecule has 4 N–H and O–H groups in total. The Hall–Kier alpha value is -1.35. The molecule has 0 saturated carbocycles. The summed E-state index contributed by atoms with van der Waals surface area (Å²) in [4.78, 5) is 21.4. The number of amides is 2. The van der Waals surface area contributed by atoms with Crippen LogP contribution in [0.3, 0.4) is 0 Å². The van der Waals surface area contributed by atoms with E-state index in [0.29, 0.717) is 0 Å². The number of carboxylic acids is 1. The summed E-state index contributed by atoms with van der Waals surface area (Å²) in [5.74, 6) is -1.67. The van der Waals surface area contributed by atoms with Gasteiger partial charge < -0.3 is 20.8 Å². The monoisotopic (exact) mass is 268 g/mol. The van der Waals surface area contributed by atoms with Gasteiger partial charge in [-0.15, -0.1) is 0 Å². The molecule has 0 aliphatic carbocycles. The minimum atomic E-state index is -3.20.